The molecule has 0 amide bonds. The maximum Gasteiger partial charge on any atom is 0.165 e. The second-order valence-electron chi connectivity index (χ2n) is 4.94. The Bertz CT molecular complexity index is 568. The molecule has 0 unspecified atom stereocenters. The number of hydrogen-bond acceptors (Lipinski definition) is 4. The zero-order valence-corrected chi connectivity index (χ0v) is 11.9. The van der Waals surface area contributed by atoms with E-state index in [-0.39, 0.29) is 18.2 Å². The van der Waals surface area contributed by atoms with Crippen LogP contribution in [0.1, 0.15) is 25.1 Å². The Morgan fingerprint density at radius 2 is 2.20 bits per heavy atom. The maximum absolute atomic E-state index is 13.9. The topological polar surface area (TPSA) is 52.0 Å². The number of aryl methyl sites for hydroxylation is 1. The number of ether oxygens (including phenoxy) is 1. The SMILES string of the molecule is CC(C)NCc1cccc(F)c1OCc1cn(C)nn1. The van der Waals surface area contributed by atoms with Gasteiger partial charge in [0.25, 0.3) is 0 Å². The zero-order valence-electron chi connectivity index (χ0n) is 11.9. The van der Waals surface area contributed by atoms with Crippen LogP contribution < -0.4 is 10.1 Å². The lowest BCUT2D eigenvalue weighted by atomic mass is 10.2. The van der Waals surface area contributed by atoms with Crippen LogP contribution in [-0.4, -0.2) is 21.0 Å². The Hall–Kier alpha value is -1.95. The van der Waals surface area contributed by atoms with E-state index >= 15 is 0 Å². The predicted molar refractivity (Wildman–Crippen MR) is 73.7 cm³/mol. The van der Waals surface area contributed by atoms with Gasteiger partial charge in [-0.15, -0.1) is 5.10 Å². The Kier molecular flexibility index (Phi) is 4.68. The van der Waals surface area contributed by atoms with Gasteiger partial charge < -0.3 is 10.1 Å². The molecule has 1 aromatic heterocycles. The second kappa shape index (κ2) is 6.47. The van der Waals surface area contributed by atoms with E-state index in [0.717, 1.165) is 5.56 Å². The second-order valence-corrected chi connectivity index (χ2v) is 4.94. The van der Waals surface area contributed by atoms with Crippen LogP contribution >= 0.6 is 0 Å². The number of rotatable bonds is 6. The van der Waals surface area contributed by atoms with Gasteiger partial charge >= 0.3 is 0 Å². The average Bonchev–Trinajstić information content (AvgIpc) is 2.81. The van der Waals surface area contributed by atoms with Crippen molar-refractivity contribution in [2.24, 2.45) is 7.05 Å². The minimum atomic E-state index is -0.364. The maximum atomic E-state index is 13.9. The lowest BCUT2D eigenvalue weighted by Crippen LogP contribution is -2.22. The number of benzene rings is 1. The number of nitrogens with zero attached hydrogens (tertiary/aromatic N) is 3. The van der Waals surface area contributed by atoms with Crippen molar-refractivity contribution in [3.63, 3.8) is 0 Å². The fraction of sp³-hybridized carbons (Fsp3) is 0.429. The van der Waals surface area contributed by atoms with Gasteiger partial charge in [0, 0.05) is 25.2 Å². The van der Waals surface area contributed by atoms with Gasteiger partial charge in [0.05, 0.1) is 6.20 Å². The molecule has 1 N–H and O–H groups in total. The first kappa shape index (κ1) is 14.5. The van der Waals surface area contributed by atoms with Crippen LogP contribution in [0.15, 0.2) is 24.4 Å². The first-order valence-corrected chi connectivity index (χ1v) is 6.55. The predicted octanol–water partition coefficient (Wildman–Crippen LogP) is 2.03. The van der Waals surface area contributed by atoms with Crippen molar-refractivity contribution in [3.8, 4) is 5.75 Å². The molecule has 0 saturated carbocycles. The Morgan fingerprint density at radius 3 is 2.85 bits per heavy atom. The molecule has 0 aliphatic rings. The fourth-order valence-electron chi connectivity index (χ4n) is 1.78. The molecule has 2 rings (SSSR count). The highest BCUT2D eigenvalue weighted by molar-refractivity contribution is 5.35. The smallest absolute Gasteiger partial charge is 0.165 e. The van der Waals surface area contributed by atoms with Crippen molar-refractivity contribution in [2.75, 3.05) is 0 Å². The van der Waals surface area contributed by atoms with Crippen LogP contribution in [-0.2, 0) is 20.2 Å². The molecule has 0 aliphatic heterocycles. The molecule has 0 aliphatic carbocycles. The first-order chi connectivity index (χ1) is 9.56. The van der Waals surface area contributed by atoms with Gasteiger partial charge in [0.2, 0.25) is 0 Å². The lowest BCUT2D eigenvalue weighted by Gasteiger charge is -2.13. The van der Waals surface area contributed by atoms with E-state index in [9.17, 15) is 4.39 Å². The highest BCUT2D eigenvalue weighted by Gasteiger charge is 2.11. The quantitative estimate of drug-likeness (QED) is 0.878. The Labute approximate surface area is 117 Å². The molecule has 6 heteroatoms. The summed E-state index contributed by atoms with van der Waals surface area (Å²) < 4.78 is 21.0. The summed E-state index contributed by atoms with van der Waals surface area (Å²) in [5, 5.41) is 11.0. The number of aromatic nitrogens is 3. The summed E-state index contributed by atoms with van der Waals surface area (Å²) in [4.78, 5) is 0. The van der Waals surface area contributed by atoms with Crippen LogP contribution in [0.3, 0.4) is 0 Å². The first-order valence-electron chi connectivity index (χ1n) is 6.55. The van der Waals surface area contributed by atoms with Crippen LogP contribution in [0.25, 0.3) is 0 Å². The van der Waals surface area contributed by atoms with E-state index in [4.69, 9.17) is 4.74 Å². The molecule has 0 radical (unpaired) electrons. The van der Waals surface area contributed by atoms with Gasteiger partial charge in [-0.2, -0.15) is 0 Å². The molecule has 0 fully saturated rings. The Balaban J connectivity index is 2.08. The molecule has 1 heterocycles. The highest BCUT2D eigenvalue weighted by atomic mass is 19.1. The third-order valence-electron chi connectivity index (χ3n) is 2.76. The molecule has 2 aromatic rings. The molecule has 0 spiro atoms. The van der Waals surface area contributed by atoms with Crippen molar-refractivity contribution in [3.05, 3.63) is 41.5 Å². The summed E-state index contributed by atoms with van der Waals surface area (Å²) >= 11 is 0. The average molecular weight is 278 g/mol. The molecular weight excluding hydrogens is 259 g/mol. The molecule has 5 nitrogen and oxygen atoms in total. The van der Waals surface area contributed by atoms with Gasteiger partial charge in [-0.1, -0.05) is 31.2 Å². The number of nitrogens with one attached hydrogen (secondary N) is 1. The molecule has 108 valence electrons. The van der Waals surface area contributed by atoms with Gasteiger partial charge in [-0.05, 0) is 6.07 Å². The third-order valence-corrected chi connectivity index (χ3v) is 2.76. The normalized spacial score (nSPS) is 11.1. The van der Waals surface area contributed by atoms with E-state index in [1.54, 1.807) is 24.0 Å². The van der Waals surface area contributed by atoms with E-state index in [0.29, 0.717) is 18.3 Å². The van der Waals surface area contributed by atoms with E-state index in [1.165, 1.54) is 6.07 Å². The monoisotopic (exact) mass is 278 g/mol. The van der Waals surface area contributed by atoms with Gasteiger partial charge in [0.1, 0.15) is 12.3 Å². The minimum Gasteiger partial charge on any atom is -0.484 e. The molecule has 0 atom stereocenters. The Morgan fingerprint density at radius 1 is 1.40 bits per heavy atom. The van der Waals surface area contributed by atoms with Crippen molar-refractivity contribution < 1.29 is 9.13 Å². The molecule has 20 heavy (non-hydrogen) atoms. The molecule has 0 bridgehead atoms. The standard InChI is InChI=1S/C14H19FN4O/c1-10(2)16-7-11-5-4-6-13(15)14(11)20-9-12-8-19(3)18-17-12/h4-6,8,10,16H,7,9H2,1-3H3. The van der Waals surface area contributed by atoms with Crippen LogP contribution in [0.4, 0.5) is 4.39 Å². The molecule has 1 aromatic carbocycles. The fourth-order valence-corrected chi connectivity index (χ4v) is 1.78. The zero-order chi connectivity index (χ0) is 14.5. The minimum absolute atomic E-state index is 0.198. The largest absolute Gasteiger partial charge is 0.484 e. The van der Waals surface area contributed by atoms with Gasteiger partial charge in [0.15, 0.2) is 11.6 Å². The summed E-state index contributed by atoms with van der Waals surface area (Å²) in [5.74, 6) is -0.0942. The van der Waals surface area contributed by atoms with Gasteiger partial charge in [-0.25, -0.2) is 4.39 Å². The summed E-state index contributed by atoms with van der Waals surface area (Å²) in [6.45, 7) is 4.84. The van der Waals surface area contributed by atoms with E-state index in [1.807, 2.05) is 19.9 Å². The third kappa shape index (κ3) is 3.77. The summed E-state index contributed by atoms with van der Waals surface area (Å²) in [6, 6.07) is 5.25. The van der Waals surface area contributed by atoms with Crippen LogP contribution in [0.5, 0.6) is 5.75 Å². The van der Waals surface area contributed by atoms with Crippen LogP contribution in [0.2, 0.25) is 0 Å². The van der Waals surface area contributed by atoms with Crippen molar-refractivity contribution in [1.82, 2.24) is 20.3 Å². The molecule has 0 saturated heterocycles. The van der Waals surface area contributed by atoms with Gasteiger partial charge in [-0.3, -0.25) is 4.68 Å². The van der Waals surface area contributed by atoms with E-state index < -0.39 is 0 Å². The molecular formula is C14H19FN4O. The summed E-state index contributed by atoms with van der Waals surface area (Å²) in [6.07, 6.45) is 1.74. The highest BCUT2D eigenvalue weighted by Crippen LogP contribution is 2.23. The van der Waals surface area contributed by atoms with E-state index in [2.05, 4.69) is 15.6 Å². The van der Waals surface area contributed by atoms with Crippen LogP contribution in [0, 0.1) is 5.82 Å². The number of hydrogen-bond donors (Lipinski definition) is 1. The lowest BCUT2D eigenvalue weighted by molar-refractivity contribution is 0.281. The summed E-state index contributed by atoms with van der Waals surface area (Å²) in [7, 11) is 1.78. The summed E-state index contributed by atoms with van der Waals surface area (Å²) in [5.41, 5.74) is 1.46. The number of halogens is 1. The van der Waals surface area contributed by atoms with Crippen molar-refractivity contribution >= 4 is 0 Å². The van der Waals surface area contributed by atoms with Crippen molar-refractivity contribution in [2.45, 2.75) is 33.0 Å². The van der Waals surface area contributed by atoms with Crippen molar-refractivity contribution in [1.29, 1.82) is 0 Å². The number of para-hydroxylation sites is 1.